The van der Waals surface area contributed by atoms with Crippen molar-refractivity contribution in [2.24, 2.45) is 11.7 Å². The van der Waals surface area contributed by atoms with Crippen molar-refractivity contribution in [1.82, 2.24) is 4.90 Å². The Balaban J connectivity index is 2.00. The summed E-state index contributed by atoms with van der Waals surface area (Å²) in [5, 5.41) is 9.15. The molecule has 0 bridgehead atoms. The summed E-state index contributed by atoms with van der Waals surface area (Å²) >= 11 is 0. The van der Waals surface area contributed by atoms with Gasteiger partial charge in [0.1, 0.15) is 0 Å². The lowest BCUT2D eigenvalue weighted by Crippen LogP contribution is -2.40. The molecule has 1 aliphatic rings. The normalized spacial score (nSPS) is 20.4. The second-order valence-electron chi connectivity index (χ2n) is 4.82. The summed E-state index contributed by atoms with van der Waals surface area (Å²) in [5.74, 6) is 0.487. The van der Waals surface area contributed by atoms with E-state index in [0.29, 0.717) is 25.1 Å². The largest absolute Gasteiger partial charge is 0.396 e. The van der Waals surface area contributed by atoms with E-state index in [1.807, 2.05) is 6.07 Å². The van der Waals surface area contributed by atoms with E-state index in [-0.39, 0.29) is 0 Å². The van der Waals surface area contributed by atoms with E-state index in [4.69, 9.17) is 10.8 Å². The minimum absolute atomic E-state index is 0.326. The molecule has 17 heavy (non-hydrogen) atoms. The molecule has 3 heteroatoms. The highest BCUT2D eigenvalue weighted by Crippen LogP contribution is 2.25. The number of hydrogen-bond acceptors (Lipinski definition) is 3. The van der Waals surface area contributed by atoms with Gasteiger partial charge in [0.15, 0.2) is 0 Å². The molecular weight excluding hydrogens is 212 g/mol. The van der Waals surface area contributed by atoms with Crippen LogP contribution in [0.1, 0.15) is 24.4 Å². The fourth-order valence-electron chi connectivity index (χ4n) is 2.62. The van der Waals surface area contributed by atoms with Gasteiger partial charge in [0.2, 0.25) is 0 Å². The highest BCUT2D eigenvalue weighted by molar-refractivity contribution is 5.19. The van der Waals surface area contributed by atoms with Gasteiger partial charge in [-0.1, -0.05) is 30.3 Å². The molecule has 0 aromatic heterocycles. The molecule has 1 atom stereocenters. The summed E-state index contributed by atoms with van der Waals surface area (Å²) in [6.45, 7) is 3.07. The molecule has 94 valence electrons. The standard InChI is InChI=1S/C14H22N2O/c15-10-14(13-4-2-1-3-5-13)16-8-6-12(11-17)7-9-16/h1-5,12,14,17H,6-11,15H2. The molecule has 2 rings (SSSR count). The zero-order valence-corrected chi connectivity index (χ0v) is 10.3. The molecule has 0 amide bonds. The summed E-state index contributed by atoms with van der Waals surface area (Å²) in [4.78, 5) is 2.45. The number of aliphatic hydroxyl groups excluding tert-OH is 1. The molecule has 0 radical (unpaired) electrons. The van der Waals surface area contributed by atoms with Crippen LogP contribution in [0.25, 0.3) is 0 Å². The summed E-state index contributed by atoms with van der Waals surface area (Å²) < 4.78 is 0. The van der Waals surface area contributed by atoms with Crippen LogP contribution >= 0.6 is 0 Å². The number of hydrogen-bond donors (Lipinski definition) is 2. The Kier molecular flexibility index (Phi) is 4.54. The summed E-state index contributed by atoms with van der Waals surface area (Å²) in [5.41, 5.74) is 7.21. The van der Waals surface area contributed by atoms with Crippen LogP contribution in [-0.2, 0) is 0 Å². The van der Waals surface area contributed by atoms with Gasteiger partial charge in [-0.3, -0.25) is 4.90 Å². The second-order valence-corrected chi connectivity index (χ2v) is 4.82. The zero-order valence-electron chi connectivity index (χ0n) is 10.3. The van der Waals surface area contributed by atoms with Crippen molar-refractivity contribution in [1.29, 1.82) is 0 Å². The minimum Gasteiger partial charge on any atom is -0.396 e. The molecule has 3 nitrogen and oxygen atoms in total. The molecule has 1 fully saturated rings. The number of rotatable bonds is 4. The molecule has 0 spiro atoms. The van der Waals surface area contributed by atoms with E-state index >= 15 is 0 Å². The highest BCUT2D eigenvalue weighted by Gasteiger charge is 2.24. The van der Waals surface area contributed by atoms with E-state index in [1.165, 1.54) is 5.56 Å². The Labute approximate surface area is 103 Å². The quantitative estimate of drug-likeness (QED) is 0.827. The second kappa shape index (κ2) is 6.15. The molecule has 3 N–H and O–H groups in total. The Hall–Kier alpha value is -0.900. The molecule has 1 aliphatic heterocycles. The first kappa shape index (κ1) is 12.6. The fourth-order valence-corrected chi connectivity index (χ4v) is 2.62. The highest BCUT2D eigenvalue weighted by atomic mass is 16.3. The lowest BCUT2D eigenvalue weighted by molar-refractivity contribution is 0.102. The van der Waals surface area contributed by atoms with Crippen molar-refractivity contribution in [3.05, 3.63) is 35.9 Å². The molecule has 0 aliphatic carbocycles. The van der Waals surface area contributed by atoms with Crippen LogP contribution in [0.5, 0.6) is 0 Å². The Bertz CT molecular complexity index is 320. The van der Waals surface area contributed by atoms with Crippen molar-refractivity contribution in [3.63, 3.8) is 0 Å². The van der Waals surface area contributed by atoms with Crippen molar-refractivity contribution < 1.29 is 5.11 Å². The van der Waals surface area contributed by atoms with Gasteiger partial charge in [-0.05, 0) is 37.4 Å². The number of piperidine rings is 1. The van der Waals surface area contributed by atoms with Crippen LogP contribution in [0.2, 0.25) is 0 Å². The van der Waals surface area contributed by atoms with Crippen molar-refractivity contribution in [2.75, 3.05) is 26.2 Å². The first-order chi connectivity index (χ1) is 8.35. The number of nitrogens with zero attached hydrogens (tertiary/aromatic N) is 1. The third-order valence-electron chi connectivity index (χ3n) is 3.76. The predicted molar refractivity (Wildman–Crippen MR) is 69.6 cm³/mol. The van der Waals surface area contributed by atoms with E-state index in [2.05, 4.69) is 29.2 Å². The maximum atomic E-state index is 9.15. The van der Waals surface area contributed by atoms with Crippen LogP contribution in [0.4, 0.5) is 0 Å². The average Bonchev–Trinajstić information content (AvgIpc) is 2.42. The third-order valence-corrected chi connectivity index (χ3v) is 3.76. The SMILES string of the molecule is NCC(c1ccccc1)N1CCC(CO)CC1. The van der Waals surface area contributed by atoms with Crippen molar-refractivity contribution >= 4 is 0 Å². The number of likely N-dealkylation sites (tertiary alicyclic amines) is 1. The Morgan fingerprint density at radius 2 is 1.88 bits per heavy atom. The van der Waals surface area contributed by atoms with Crippen LogP contribution in [-0.4, -0.2) is 36.2 Å². The van der Waals surface area contributed by atoms with E-state index in [9.17, 15) is 0 Å². The molecule has 1 saturated heterocycles. The monoisotopic (exact) mass is 234 g/mol. The summed E-state index contributed by atoms with van der Waals surface area (Å²) in [7, 11) is 0. The van der Waals surface area contributed by atoms with Gasteiger partial charge < -0.3 is 10.8 Å². The van der Waals surface area contributed by atoms with Gasteiger partial charge >= 0.3 is 0 Å². The van der Waals surface area contributed by atoms with E-state index < -0.39 is 0 Å². The molecule has 0 saturated carbocycles. The summed E-state index contributed by atoms with van der Waals surface area (Å²) in [6.07, 6.45) is 2.17. The lowest BCUT2D eigenvalue weighted by atomic mass is 9.95. The number of nitrogens with two attached hydrogens (primary N) is 1. The van der Waals surface area contributed by atoms with Crippen LogP contribution in [0, 0.1) is 5.92 Å². The number of aliphatic hydroxyl groups is 1. The third kappa shape index (κ3) is 3.06. The molecule has 1 aromatic carbocycles. The Morgan fingerprint density at radius 3 is 2.41 bits per heavy atom. The molecular formula is C14H22N2O. The molecule has 1 unspecified atom stereocenters. The maximum Gasteiger partial charge on any atom is 0.0470 e. The molecule has 1 aromatic rings. The van der Waals surface area contributed by atoms with Crippen LogP contribution in [0.15, 0.2) is 30.3 Å². The minimum atomic E-state index is 0.326. The average molecular weight is 234 g/mol. The van der Waals surface area contributed by atoms with Crippen molar-refractivity contribution in [2.45, 2.75) is 18.9 Å². The lowest BCUT2D eigenvalue weighted by Gasteiger charge is -2.36. The first-order valence-corrected chi connectivity index (χ1v) is 6.45. The van der Waals surface area contributed by atoms with Gasteiger partial charge in [-0.15, -0.1) is 0 Å². The predicted octanol–water partition coefficient (Wildman–Crippen LogP) is 1.39. The maximum absolute atomic E-state index is 9.15. The van der Waals surface area contributed by atoms with Gasteiger partial charge in [0.25, 0.3) is 0 Å². The smallest absolute Gasteiger partial charge is 0.0470 e. The van der Waals surface area contributed by atoms with Crippen LogP contribution < -0.4 is 5.73 Å². The van der Waals surface area contributed by atoms with Gasteiger partial charge in [0.05, 0.1) is 0 Å². The van der Waals surface area contributed by atoms with E-state index in [0.717, 1.165) is 25.9 Å². The van der Waals surface area contributed by atoms with Crippen molar-refractivity contribution in [3.8, 4) is 0 Å². The van der Waals surface area contributed by atoms with E-state index in [1.54, 1.807) is 0 Å². The number of benzene rings is 1. The van der Waals surface area contributed by atoms with Gasteiger partial charge in [-0.2, -0.15) is 0 Å². The fraction of sp³-hybridized carbons (Fsp3) is 0.571. The zero-order chi connectivity index (χ0) is 12.1. The summed E-state index contributed by atoms with van der Waals surface area (Å²) in [6, 6.07) is 10.8. The van der Waals surface area contributed by atoms with Gasteiger partial charge in [0, 0.05) is 19.2 Å². The Morgan fingerprint density at radius 1 is 1.24 bits per heavy atom. The van der Waals surface area contributed by atoms with Crippen LogP contribution in [0.3, 0.4) is 0 Å². The topological polar surface area (TPSA) is 49.5 Å². The first-order valence-electron chi connectivity index (χ1n) is 6.45. The molecule has 1 heterocycles. The van der Waals surface area contributed by atoms with Gasteiger partial charge in [-0.25, -0.2) is 0 Å².